The molecule has 3 nitrogen and oxygen atoms in total. The van der Waals surface area contributed by atoms with Crippen molar-refractivity contribution in [2.24, 2.45) is 0 Å². The summed E-state index contributed by atoms with van der Waals surface area (Å²) in [6.45, 7) is 11.9. The van der Waals surface area contributed by atoms with Crippen molar-refractivity contribution in [3.63, 3.8) is 0 Å². The predicted molar refractivity (Wildman–Crippen MR) is 64.2 cm³/mol. The molecule has 1 N–H and O–H groups in total. The Hall–Kier alpha value is -0.120. The molecule has 0 aromatic rings. The molecule has 0 aromatic heterocycles. The standard InChI is InChI=1S/C12H26N2O/c1-4-6-13-11(3)9-14-7-8-15-10-12(14)5-2/h11-13H,4-10H2,1-3H3. The van der Waals surface area contributed by atoms with Crippen LogP contribution in [-0.4, -0.2) is 49.8 Å². The van der Waals surface area contributed by atoms with E-state index in [-0.39, 0.29) is 0 Å². The monoisotopic (exact) mass is 214 g/mol. The molecule has 0 bridgehead atoms. The van der Waals surface area contributed by atoms with E-state index in [1.807, 2.05) is 0 Å². The van der Waals surface area contributed by atoms with Gasteiger partial charge in [0.2, 0.25) is 0 Å². The topological polar surface area (TPSA) is 24.5 Å². The Bertz CT molecular complexity index is 164. The van der Waals surface area contributed by atoms with Crippen LogP contribution in [0.15, 0.2) is 0 Å². The molecule has 1 fully saturated rings. The summed E-state index contributed by atoms with van der Waals surface area (Å²) in [7, 11) is 0. The third-order valence-corrected chi connectivity index (χ3v) is 3.07. The molecular weight excluding hydrogens is 188 g/mol. The lowest BCUT2D eigenvalue weighted by molar-refractivity contribution is -0.0117. The second kappa shape index (κ2) is 7.20. The third-order valence-electron chi connectivity index (χ3n) is 3.07. The maximum absolute atomic E-state index is 5.50. The van der Waals surface area contributed by atoms with E-state index >= 15 is 0 Å². The van der Waals surface area contributed by atoms with Crippen LogP contribution in [0.3, 0.4) is 0 Å². The van der Waals surface area contributed by atoms with Crippen LogP contribution in [0.4, 0.5) is 0 Å². The van der Waals surface area contributed by atoms with Gasteiger partial charge in [0.15, 0.2) is 0 Å². The molecule has 2 atom stereocenters. The lowest BCUT2D eigenvalue weighted by atomic mass is 10.1. The maximum Gasteiger partial charge on any atom is 0.0622 e. The van der Waals surface area contributed by atoms with Gasteiger partial charge < -0.3 is 10.1 Å². The minimum atomic E-state index is 0.595. The molecule has 0 spiro atoms. The summed E-state index contributed by atoms with van der Waals surface area (Å²) in [5, 5.41) is 3.54. The van der Waals surface area contributed by atoms with Crippen LogP contribution in [0.2, 0.25) is 0 Å². The number of ether oxygens (including phenoxy) is 1. The molecule has 0 saturated carbocycles. The summed E-state index contributed by atoms with van der Waals surface area (Å²) in [5.41, 5.74) is 0. The van der Waals surface area contributed by atoms with E-state index in [1.165, 1.54) is 12.8 Å². The predicted octanol–water partition coefficient (Wildman–Crippen LogP) is 1.49. The fourth-order valence-corrected chi connectivity index (χ4v) is 2.11. The molecule has 0 aromatic carbocycles. The SMILES string of the molecule is CCCNC(C)CN1CCOCC1CC. The van der Waals surface area contributed by atoms with Crippen molar-refractivity contribution in [3.05, 3.63) is 0 Å². The first kappa shape index (κ1) is 12.9. The highest BCUT2D eigenvalue weighted by atomic mass is 16.5. The van der Waals surface area contributed by atoms with Gasteiger partial charge in [0.1, 0.15) is 0 Å². The summed E-state index contributed by atoms with van der Waals surface area (Å²) in [6, 6.07) is 1.22. The smallest absolute Gasteiger partial charge is 0.0622 e. The van der Waals surface area contributed by atoms with Gasteiger partial charge in [-0.15, -0.1) is 0 Å². The molecule has 0 aliphatic carbocycles. The second-order valence-corrected chi connectivity index (χ2v) is 4.49. The van der Waals surface area contributed by atoms with Crippen molar-refractivity contribution in [3.8, 4) is 0 Å². The number of nitrogens with zero attached hydrogens (tertiary/aromatic N) is 1. The quantitative estimate of drug-likeness (QED) is 0.725. The molecule has 1 aliphatic rings. The number of morpholine rings is 1. The highest BCUT2D eigenvalue weighted by Crippen LogP contribution is 2.10. The van der Waals surface area contributed by atoms with Gasteiger partial charge >= 0.3 is 0 Å². The average molecular weight is 214 g/mol. The van der Waals surface area contributed by atoms with Crippen LogP contribution < -0.4 is 5.32 Å². The lowest BCUT2D eigenvalue weighted by Crippen LogP contribution is -2.50. The highest BCUT2D eigenvalue weighted by Gasteiger charge is 2.22. The van der Waals surface area contributed by atoms with Crippen LogP contribution in [0.5, 0.6) is 0 Å². The summed E-state index contributed by atoms with van der Waals surface area (Å²) < 4.78 is 5.50. The Balaban J connectivity index is 2.27. The van der Waals surface area contributed by atoms with Gasteiger partial charge in [0.05, 0.1) is 13.2 Å². The van der Waals surface area contributed by atoms with E-state index in [9.17, 15) is 0 Å². The van der Waals surface area contributed by atoms with Gasteiger partial charge in [-0.1, -0.05) is 13.8 Å². The molecule has 3 heteroatoms. The number of rotatable bonds is 6. The number of hydrogen-bond donors (Lipinski definition) is 1. The molecule has 1 saturated heterocycles. The number of hydrogen-bond acceptors (Lipinski definition) is 3. The molecular formula is C12H26N2O. The number of nitrogens with one attached hydrogen (secondary N) is 1. The molecule has 1 aliphatic heterocycles. The van der Waals surface area contributed by atoms with Crippen molar-refractivity contribution in [1.82, 2.24) is 10.2 Å². The van der Waals surface area contributed by atoms with Crippen molar-refractivity contribution >= 4 is 0 Å². The second-order valence-electron chi connectivity index (χ2n) is 4.49. The molecule has 15 heavy (non-hydrogen) atoms. The Kier molecular flexibility index (Phi) is 6.22. The van der Waals surface area contributed by atoms with Gasteiger partial charge in [-0.05, 0) is 26.3 Å². The zero-order chi connectivity index (χ0) is 11.1. The Morgan fingerprint density at radius 3 is 2.93 bits per heavy atom. The van der Waals surface area contributed by atoms with Gasteiger partial charge in [0.25, 0.3) is 0 Å². The van der Waals surface area contributed by atoms with E-state index in [1.54, 1.807) is 0 Å². The molecule has 1 heterocycles. The third kappa shape index (κ3) is 4.49. The van der Waals surface area contributed by atoms with Gasteiger partial charge in [-0.25, -0.2) is 0 Å². The Morgan fingerprint density at radius 2 is 2.27 bits per heavy atom. The van der Waals surface area contributed by atoms with E-state index in [0.717, 1.165) is 32.8 Å². The minimum Gasteiger partial charge on any atom is -0.378 e. The summed E-state index contributed by atoms with van der Waals surface area (Å²) in [6.07, 6.45) is 2.41. The van der Waals surface area contributed by atoms with Crippen LogP contribution >= 0.6 is 0 Å². The van der Waals surface area contributed by atoms with Crippen LogP contribution in [0.25, 0.3) is 0 Å². The lowest BCUT2D eigenvalue weighted by Gasteiger charge is -2.36. The molecule has 0 radical (unpaired) electrons. The Morgan fingerprint density at radius 1 is 1.47 bits per heavy atom. The highest BCUT2D eigenvalue weighted by molar-refractivity contribution is 4.77. The summed E-state index contributed by atoms with van der Waals surface area (Å²) in [5.74, 6) is 0. The zero-order valence-corrected chi connectivity index (χ0v) is 10.5. The van der Waals surface area contributed by atoms with Crippen LogP contribution in [-0.2, 0) is 4.74 Å². The van der Waals surface area contributed by atoms with E-state index in [2.05, 4.69) is 31.0 Å². The summed E-state index contributed by atoms with van der Waals surface area (Å²) in [4.78, 5) is 2.57. The normalized spacial score (nSPS) is 25.4. The maximum atomic E-state index is 5.50. The van der Waals surface area contributed by atoms with E-state index in [4.69, 9.17) is 4.74 Å². The first-order valence-corrected chi connectivity index (χ1v) is 6.33. The largest absolute Gasteiger partial charge is 0.378 e. The van der Waals surface area contributed by atoms with E-state index in [0.29, 0.717) is 12.1 Å². The van der Waals surface area contributed by atoms with E-state index < -0.39 is 0 Å². The fourth-order valence-electron chi connectivity index (χ4n) is 2.11. The van der Waals surface area contributed by atoms with Crippen molar-refractivity contribution in [2.45, 2.75) is 45.7 Å². The van der Waals surface area contributed by atoms with Crippen molar-refractivity contribution in [2.75, 3.05) is 32.8 Å². The van der Waals surface area contributed by atoms with Crippen molar-refractivity contribution in [1.29, 1.82) is 0 Å². The fraction of sp³-hybridized carbons (Fsp3) is 1.00. The summed E-state index contributed by atoms with van der Waals surface area (Å²) >= 11 is 0. The zero-order valence-electron chi connectivity index (χ0n) is 10.5. The Labute approximate surface area is 94.2 Å². The van der Waals surface area contributed by atoms with Gasteiger partial charge in [-0.3, -0.25) is 4.90 Å². The first-order valence-electron chi connectivity index (χ1n) is 6.33. The molecule has 2 unspecified atom stereocenters. The molecule has 0 amide bonds. The van der Waals surface area contributed by atoms with Crippen LogP contribution in [0.1, 0.15) is 33.6 Å². The van der Waals surface area contributed by atoms with Gasteiger partial charge in [-0.2, -0.15) is 0 Å². The average Bonchev–Trinajstić information content (AvgIpc) is 2.27. The van der Waals surface area contributed by atoms with Gasteiger partial charge in [0, 0.05) is 25.2 Å². The minimum absolute atomic E-state index is 0.595. The van der Waals surface area contributed by atoms with Crippen LogP contribution in [0, 0.1) is 0 Å². The van der Waals surface area contributed by atoms with Crippen molar-refractivity contribution < 1.29 is 4.74 Å². The molecule has 1 rings (SSSR count). The first-order chi connectivity index (χ1) is 7.27. The molecule has 90 valence electrons.